The molecule has 1 aliphatic heterocycles. The fourth-order valence-electron chi connectivity index (χ4n) is 5.22. The number of carbonyl (C=O) groups excluding carboxylic acids is 2. The number of amides is 1. The SMILES string of the molecule is COC(=O)c1cc(Br)c(CC(=O)NN(c2ccc(S(=O)c3ccccc3)cc2)c2ccccc2N2CCCCC2)cc1OC. The van der Waals surface area contributed by atoms with Gasteiger partial charge in [0.1, 0.15) is 11.3 Å². The summed E-state index contributed by atoms with van der Waals surface area (Å²) < 4.78 is 24.1. The molecule has 0 spiro atoms. The van der Waals surface area contributed by atoms with Gasteiger partial charge in [-0.05, 0) is 85.5 Å². The maximum absolute atomic E-state index is 13.7. The second-order valence-corrected chi connectivity index (χ2v) is 12.6. The summed E-state index contributed by atoms with van der Waals surface area (Å²) in [5, 5.41) is 1.79. The molecule has 1 heterocycles. The second kappa shape index (κ2) is 14.5. The van der Waals surface area contributed by atoms with Gasteiger partial charge >= 0.3 is 5.97 Å². The number of hydrogen-bond acceptors (Lipinski definition) is 7. The van der Waals surface area contributed by atoms with Crippen LogP contribution in [-0.2, 0) is 26.8 Å². The summed E-state index contributed by atoms with van der Waals surface area (Å²) in [5.74, 6) is -0.489. The van der Waals surface area contributed by atoms with Crippen molar-refractivity contribution in [1.82, 2.24) is 5.43 Å². The third kappa shape index (κ3) is 7.14. The lowest BCUT2D eigenvalue weighted by molar-refractivity contribution is -0.120. The predicted octanol–water partition coefficient (Wildman–Crippen LogP) is 6.81. The van der Waals surface area contributed by atoms with Gasteiger partial charge in [-0.25, -0.2) is 9.00 Å². The molecule has 1 fully saturated rings. The summed E-state index contributed by atoms with van der Waals surface area (Å²) >= 11 is 3.50. The number of esters is 1. The molecule has 0 aliphatic carbocycles. The van der Waals surface area contributed by atoms with Gasteiger partial charge in [0.2, 0.25) is 5.91 Å². The van der Waals surface area contributed by atoms with Crippen molar-refractivity contribution in [2.75, 3.05) is 37.2 Å². The number of piperidine rings is 1. The molecule has 4 aromatic carbocycles. The highest BCUT2D eigenvalue weighted by molar-refractivity contribution is 9.10. The van der Waals surface area contributed by atoms with Gasteiger partial charge in [-0.2, -0.15) is 0 Å². The van der Waals surface area contributed by atoms with E-state index in [-0.39, 0.29) is 17.9 Å². The van der Waals surface area contributed by atoms with Crippen molar-refractivity contribution in [3.05, 3.63) is 107 Å². The van der Waals surface area contributed by atoms with Crippen LogP contribution in [0.1, 0.15) is 35.2 Å². The highest BCUT2D eigenvalue weighted by atomic mass is 79.9. The van der Waals surface area contributed by atoms with E-state index in [0.29, 0.717) is 26.4 Å². The standard InChI is InChI=1S/C34H34BrN3O5S/c1-42-32-21-24(29(35)23-28(32)34(40)43-2)22-33(39)36-38(31-14-8-7-13-30(31)37-19-9-4-10-20-37)25-15-17-27(18-16-25)44(41)26-11-5-3-6-12-26/h3,5-8,11-18,21,23H,4,9-10,19-20,22H2,1-2H3,(H,36,39). The van der Waals surface area contributed by atoms with Crippen LogP contribution in [0.5, 0.6) is 5.75 Å². The average molecular weight is 677 g/mol. The first-order valence-electron chi connectivity index (χ1n) is 14.3. The summed E-state index contributed by atoms with van der Waals surface area (Å²) in [6, 6.07) is 28.0. The molecular formula is C34H34BrN3O5S. The van der Waals surface area contributed by atoms with Gasteiger partial charge in [-0.15, -0.1) is 0 Å². The Morgan fingerprint density at radius 3 is 2.23 bits per heavy atom. The van der Waals surface area contributed by atoms with E-state index in [2.05, 4.69) is 32.3 Å². The van der Waals surface area contributed by atoms with Gasteiger partial charge in [0.15, 0.2) is 0 Å². The fourth-order valence-corrected chi connectivity index (χ4v) is 6.77. The third-order valence-electron chi connectivity index (χ3n) is 7.45. The predicted molar refractivity (Wildman–Crippen MR) is 176 cm³/mol. The molecule has 1 saturated heterocycles. The smallest absolute Gasteiger partial charge is 0.341 e. The monoisotopic (exact) mass is 675 g/mol. The van der Waals surface area contributed by atoms with Gasteiger partial charge in [0.25, 0.3) is 0 Å². The first-order chi connectivity index (χ1) is 21.4. The Morgan fingerprint density at radius 2 is 1.55 bits per heavy atom. The lowest BCUT2D eigenvalue weighted by Gasteiger charge is -2.34. The minimum Gasteiger partial charge on any atom is -0.496 e. The molecule has 0 saturated carbocycles. The normalized spacial score (nSPS) is 13.6. The largest absolute Gasteiger partial charge is 0.496 e. The van der Waals surface area contributed by atoms with Crippen molar-refractivity contribution < 1.29 is 23.3 Å². The number of rotatable bonds is 10. The van der Waals surface area contributed by atoms with Gasteiger partial charge in [-0.1, -0.05) is 46.3 Å². The third-order valence-corrected chi connectivity index (χ3v) is 9.59. The van der Waals surface area contributed by atoms with Crippen LogP contribution in [0.2, 0.25) is 0 Å². The molecule has 10 heteroatoms. The summed E-state index contributed by atoms with van der Waals surface area (Å²) in [7, 11) is 1.44. The molecule has 1 N–H and O–H groups in total. The highest BCUT2D eigenvalue weighted by Gasteiger charge is 2.23. The molecule has 44 heavy (non-hydrogen) atoms. The summed E-state index contributed by atoms with van der Waals surface area (Å²) in [5.41, 5.74) is 6.58. The van der Waals surface area contributed by atoms with E-state index in [0.717, 1.165) is 42.2 Å². The van der Waals surface area contributed by atoms with Crippen LogP contribution < -0.4 is 20.1 Å². The van der Waals surface area contributed by atoms with Crippen LogP contribution in [0, 0.1) is 0 Å². The Morgan fingerprint density at radius 1 is 0.886 bits per heavy atom. The number of benzene rings is 4. The molecular weight excluding hydrogens is 642 g/mol. The van der Waals surface area contributed by atoms with E-state index < -0.39 is 16.8 Å². The van der Waals surface area contributed by atoms with E-state index in [4.69, 9.17) is 9.47 Å². The maximum Gasteiger partial charge on any atom is 0.341 e. The quantitative estimate of drug-likeness (QED) is 0.146. The highest BCUT2D eigenvalue weighted by Crippen LogP contribution is 2.35. The molecule has 1 amide bonds. The average Bonchev–Trinajstić information content (AvgIpc) is 3.08. The number of nitrogens with one attached hydrogen (secondary N) is 1. The zero-order chi connectivity index (χ0) is 31.1. The van der Waals surface area contributed by atoms with E-state index in [9.17, 15) is 13.8 Å². The molecule has 0 radical (unpaired) electrons. The van der Waals surface area contributed by atoms with Crippen LogP contribution in [0.4, 0.5) is 17.1 Å². The van der Waals surface area contributed by atoms with Crippen LogP contribution in [0.3, 0.4) is 0 Å². The number of nitrogens with zero attached hydrogens (tertiary/aromatic N) is 2. The van der Waals surface area contributed by atoms with Gasteiger partial charge in [-0.3, -0.25) is 15.2 Å². The fraction of sp³-hybridized carbons (Fsp3) is 0.235. The number of carbonyl (C=O) groups is 2. The first-order valence-corrected chi connectivity index (χ1v) is 16.3. The van der Waals surface area contributed by atoms with E-state index in [1.54, 1.807) is 17.1 Å². The van der Waals surface area contributed by atoms with Crippen molar-refractivity contribution in [2.24, 2.45) is 0 Å². The molecule has 0 bridgehead atoms. The van der Waals surface area contributed by atoms with Crippen molar-refractivity contribution in [2.45, 2.75) is 35.5 Å². The van der Waals surface area contributed by atoms with Crippen LogP contribution >= 0.6 is 15.9 Å². The van der Waals surface area contributed by atoms with Crippen LogP contribution in [0.25, 0.3) is 0 Å². The van der Waals surface area contributed by atoms with Crippen LogP contribution in [0.15, 0.2) is 105 Å². The van der Waals surface area contributed by atoms with Crippen molar-refractivity contribution in [3.63, 3.8) is 0 Å². The maximum atomic E-state index is 13.7. The van der Waals surface area contributed by atoms with Crippen LogP contribution in [-0.4, -0.2) is 43.4 Å². The Kier molecular flexibility index (Phi) is 10.3. The zero-order valence-electron chi connectivity index (χ0n) is 24.6. The van der Waals surface area contributed by atoms with E-state index >= 15 is 0 Å². The molecule has 0 aromatic heterocycles. The number of para-hydroxylation sites is 2. The first kappa shape index (κ1) is 31.3. The number of anilines is 3. The molecule has 8 nitrogen and oxygen atoms in total. The molecule has 5 rings (SSSR count). The summed E-state index contributed by atoms with van der Waals surface area (Å²) in [6.45, 7) is 1.88. The second-order valence-electron chi connectivity index (χ2n) is 10.3. The van der Waals surface area contributed by atoms with Gasteiger partial charge in [0, 0.05) is 27.4 Å². The summed E-state index contributed by atoms with van der Waals surface area (Å²) in [4.78, 5) is 29.6. The van der Waals surface area contributed by atoms with Crippen molar-refractivity contribution in [1.29, 1.82) is 0 Å². The minimum atomic E-state index is -1.33. The number of methoxy groups -OCH3 is 2. The lowest BCUT2D eigenvalue weighted by Crippen LogP contribution is -2.41. The van der Waals surface area contributed by atoms with E-state index in [1.807, 2.05) is 72.8 Å². The van der Waals surface area contributed by atoms with Crippen molar-refractivity contribution in [3.8, 4) is 5.75 Å². The van der Waals surface area contributed by atoms with Crippen molar-refractivity contribution >= 4 is 55.7 Å². The zero-order valence-corrected chi connectivity index (χ0v) is 27.0. The number of hydrogen-bond donors (Lipinski definition) is 1. The Balaban J connectivity index is 1.47. The number of ether oxygens (including phenoxy) is 2. The molecule has 1 unspecified atom stereocenters. The molecule has 1 aliphatic rings. The van der Waals surface area contributed by atoms with Gasteiger partial charge in [0.05, 0.1) is 48.5 Å². The lowest BCUT2D eigenvalue weighted by atomic mass is 10.1. The Bertz CT molecular complexity index is 1640. The number of hydrazine groups is 1. The Labute approximate surface area is 268 Å². The van der Waals surface area contributed by atoms with Gasteiger partial charge < -0.3 is 14.4 Å². The minimum absolute atomic E-state index is 0.0108. The Hall–Kier alpha value is -4.15. The number of halogens is 1. The van der Waals surface area contributed by atoms with E-state index in [1.165, 1.54) is 20.6 Å². The molecule has 4 aromatic rings. The topological polar surface area (TPSA) is 88.2 Å². The summed E-state index contributed by atoms with van der Waals surface area (Å²) in [6.07, 6.45) is 3.43. The molecule has 1 atom stereocenters. The molecule has 228 valence electrons.